The van der Waals surface area contributed by atoms with Gasteiger partial charge in [-0.1, -0.05) is 54.6 Å². The summed E-state index contributed by atoms with van der Waals surface area (Å²) in [7, 11) is 0. The lowest BCUT2D eigenvalue weighted by Gasteiger charge is -2.33. The van der Waals surface area contributed by atoms with E-state index in [9.17, 15) is 18.0 Å². The molecule has 0 bridgehead atoms. The van der Waals surface area contributed by atoms with Crippen molar-refractivity contribution in [2.24, 2.45) is 5.92 Å². The predicted molar refractivity (Wildman–Crippen MR) is 173 cm³/mol. The van der Waals surface area contributed by atoms with Crippen molar-refractivity contribution in [2.75, 3.05) is 29.9 Å². The van der Waals surface area contributed by atoms with Gasteiger partial charge in [0.2, 0.25) is 0 Å². The zero-order valence-electron chi connectivity index (χ0n) is 24.7. The Morgan fingerprint density at radius 2 is 1.64 bits per heavy atom. The largest absolute Gasteiger partial charge is 0.478 e. The highest BCUT2D eigenvalue weighted by Gasteiger charge is 2.33. The Morgan fingerprint density at radius 3 is 2.36 bits per heavy atom. The number of aromatic nitrogens is 1. The fraction of sp³-hybridized carbons (Fsp3) is 0.243. The quantitative estimate of drug-likeness (QED) is 0.175. The third-order valence-electron chi connectivity index (χ3n) is 8.65. The minimum Gasteiger partial charge on any atom is -0.478 e. The standard InChI is InChI=1S/C37H34F3N3O2/c38-37(39,40)33-11-5-10-32-34(29(24-42-35(32)33)22-26-6-2-1-3-7-26)28-8-4-9-30(23-28)41-19-16-25-17-20-43(21-18-25)31-14-12-27(13-15-31)36(44)45/h1-15,23-25,41H,16-22H2,(H,44,45). The number of nitrogens with one attached hydrogen (secondary N) is 1. The Morgan fingerprint density at radius 1 is 0.911 bits per heavy atom. The van der Waals surface area contributed by atoms with Gasteiger partial charge in [-0.2, -0.15) is 13.2 Å². The maximum atomic E-state index is 13.9. The van der Waals surface area contributed by atoms with Crippen LogP contribution in [0.1, 0.15) is 46.3 Å². The molecule has 1 aliphatic heterocycles. The number of aromatic carboxylic acids is 1. The first-order valence-electron chi connectivity index (χ1n) is 15.2. The maximum absolute atomic E-state index is 13.9. The lowest BCUT2D eigenvalue weighted by Crippen LogP contribution is -2.34. The number of benzene rings is 4. The van der Waals surface area contributed by atoms with E-state index in [0.717, 1.165) is 78.6 Å². The number of hydrogen-bond acceptors (Lipinski definition) is 4. The first-order chi connectivity index (χ1) is 21.8. The molecule has 1 aromatic heterocycles. The highest BCUT2D eigenvalue weighted by atomic mass is 19.4. The topological polar surface area (TPSA) is 65.5 Å². The van der Waals surface area contributed by atoms with Crippen LogP contribution in [0.4, 0.5) is 24.5 Å². The fourth-order valence-electron chi connectivity index (χ4n) is 6.28. The fourth-order valence-corrected chi connectivity index (χ4v) is 6.28. The van der Waals surface area contributed by atoms with Gasteiger partial charge in [-0.25, -0.2) is 4.79 Å². The molecule has 1 aliphatic rings. The van der Waals surface area contributed by atoms with Gasteiger partial charge in [0.05, 0.1) is 16.6 Å². The molecule has 1 saturated heterocycles. The molecule has 6 rings (SSSR count). The van der Waals surface area contributed by atoms with E-state index in [2.05, 4.69) is 15.2 Å². The van der Waals surface area contributed by atoms with Crippen molar-refractivity contribution in [1.29, 1.82) is 0 Å². The summed E-state index contributed by atoms with van der Waals surface area (Å²) < 4.78 is 41.8. The maximum Gasteiger partial charge on any atom is 0.418 e. The predicted octanol–water partition coefficient (Wildman–Crippen LogP) is 8.93. The Balaban J connectivity index is 1.17. The summed E-state index contributed by atoms with van der Waals surface area (Å²) in [5, 5.41) is 13.2. The highest BCUT2D eigenvalue weighted by molar-refractivity contribution is 5.98. The first kappa shape index (κ1) is 30.2. The normalized spacial score (nSPS) is 14.1. The van der Waals surface area contributed by atoms with Gasteiger partial charge < -0.3 is 15.3 Å². The molecular weight excluding hydrogens is 575 g/mol. The Labute approximate surface area is 260 Å². The van der Waals surface area contributed by atoms with Gasteiger partial charge in [0, 0.05) is 42.6 Å². The Bertz CT molecular complexity index is 1780. The summed E-state index contributed by atoms with van der Waals surface area (Å²) in [5.74, 6) is -0.353. The van der Waals surface area contributed by atoms with E-state index < -0.39 is 17.7 Å². The molecule has 230 valence electrons. The van der Waals surface area contributed by atoms with E-state index in [0.29, 0.717) is 23.3 Å². The average Bonchev–Trinajstić information content (AvgIpc) is 3.05. The Kier molecular flexibility index (Phi) is 8.74. The van der Waals surface area contributed by atoms with Crippen LogP contribution in [0.3, 0.4) is 0 Å². The molecule has 0 amide bonds. The zero-order valence-corrected chi connectivity index (χ0v) is 24.7. The number of rotatable bonds is 9. The van der Waals surface area contributed by atoms with E-state index in [1.807, 2.05) is 66.7 Å². The van der Waals surface area contributed by atoms with Crippen LogP contribution >= 0.6 is 0 Å². The summed E-state index contributed by atoms with van der Waals surface area (Å²) in [4.78, 5) is 17.8. The first-order valence-corrected chi connectivity index (χ1v) is 15.2. The van der Waals surface area contributed by atoms with Gasteiger partial charge in [0.1, 0.15) is 0 Å². The van der Waals surface area contributed by atoms with E-state index in [1.165, 1.54) is 6.07 Å². The number of pyridine rings is 1. The molecule has 0 aliphatic carbocycles. The molecular formula is C37H34F3N3O2. The van der Waals surface area contributed by atoms with Crippen LogP contribution in [0.5, 0.6) is 0 Å². The zero-order chi connectivity index (χ0) is 31.4. The molecule has 4 aromatic carbocycles. The van der Waals surface area contributed by atoms with E-state index >= 15 is 0 Å². The highest BCUT2D eigenvalue weighted by Crippen LogP contribution is 2.39. The Hall–Kier alpha value is -4.85. The summed E-state index contributed by atoms with van der Waals surface area (Å²) in [6, 6.07) is 29.1. The summed E-state index contributed by atoms with van der Waals surface area (Å²) in [6.07, 6.45) is 0.742. The lowest BCUT2D eigenvalue weighted by molar-refractivity contribution is -0.136. The van der Waals surface area contributed by atoms with Crippen LogP contribution in [0, 0.1) is 5.92 Å². The number of halogens is 3. The van der Waals surface area contributed by atoms with Crippen LogP contribution in [0.25, 0.3) is 22.0 Å². The number of carbonyl (C=O) groups is 1. The SMILES string of the molecule is O=C(O)c1ccc(N2CCC(CCNc3cccc(-c4c(Cc5ccccc5)cnc5c(C(F)(F)F)cccc45)c3)CC2)cc1. The number of fused-ring (bicyclic) bond motifs is 1. The van der Waals surface area contributed by atoms with Crippen molar-refractivity contribution in [3.05, 3.63) is 126 Å². The number of carboxylic acids is 1. The molecule has 8 heteroatoms. The molecule has 45 heavy (non-hydrogen) atoms. The van der Waals surface area contributed by atoms with Crippen LogP contribution in [-0.2, 0) is 12.6 Å². The molecule has 0 radical (unpaired) electrons. The number of piperidine rings is 1. The van der Waals surface area contributed by atoms with E-state index in [4.69, 9.17) is 5.11 Å². The minimum absolute atomic E-state index is 0.0423. The van der Waals surface area contributed by atoms with Crippen molar-refractivity contribution >= 4 is 28.2 Å². The van der Waals surface area contributed by atoms with Gasteiger partial charge in [-0.3, -0.25) is 4.98 Å². The van der Waals surface area contributed by atoms with Crippen molar-refractivity contribution < 1.29 is 23.1 Å². The second-order valence-corrected chi connectivity index (χ2v) is 11.6. The second-order valence-electron chi connectivity index (χ2n) is 11.6. The molecule has 0 spiro atoms. The summed E-state index contributed by atoms with van der Waals surface area (Å²) in [6.45, 7) is 2.63. The van der Waals surface area contributed by atoms with Gasteiger partial charge in [0.15, 0.2) is 0 Å². The molecule has 0 saturated carbocycles. The summed E-state index contributed by atoms with van der Waals surface area (Å²) >= 11 is 0. The number of alkyl halides is 3. The van der Waals surface area contributed by atoms with Crippen LogP contribution in [-0.4, -0.2) is 35.7 Å². The van der Waals surface area contributed by atoms with Gasteiger partial charge >= 0.3 is 12.1 Å². The second kappa shape index (κ2) is 13.0. The van der Waals surface area contributed by atoms with Crippen molar-refractivity contribution in [2.45, 2.75) is 31.9 Å². The lowest BCUT2D eigenvalue weighted by atomic mass is 9.91. The van der Waals surface area contributed by atoms with Gasteiger partial charge in [-0.15, -0.1) is 0 Å². The van der Waals surface area contributed by atoms with Crippen molar-refractivity contribution in [3.8, 4) is 11.1 Å². The molecule has 2 N–H and O–H groups in total. The van der Waals surface area contributed by atoms with Crippen LogP contribution in [0.2, 0.25) is 0 Å². The number of carboxylic acid groups (broad SMARTS) is 1. The van der Waals surface area contributed by atoms with Crippen molar-refractivity contribution in [3.63, 3.8) is 0 Å². The van der Waals surface area contributed by atoms with Crippen LogP contribution in [0.15, 0.2) is 103 Å². The van der Waals surface area contributed by atoms with Gasteiger partial charge in [0.25, 0.3) is 0 Å². The average molecular weight is 610 g/mol. The van der Waals surface area contributed by atoms with Crippen molar-refractivity contribution in [1.82, 2.24) is 4.98 Å². The molecule has 2 heterocycles. The number of hydrogen-bond donors (Lipinski definition) is 2. The molecule has 5 aromatic rings. The smallest absolute Gasteiger partial charge is 0.418 e. The third-order valence-corrected chi connectivity index (χ3v) is 8.65. The summed E-state index contributed by atoms with van der Waals surface area (Å²) in [5.41, 5.74) is 5.03. The number of para-hydroxylation sites is 1. The minimum atomic E-state index is -4.50. The van der Waals surface area contributed by atoms with Gasteiger partial charge in [-0.05, 0) is 96.3 Å². The monoisotopic (exact) mass is 609 g/mol. The molecule has 5 nitrogen and oxygen atoms in total. The van der Waals surface area contributed by atoms with E-state index in [1.54, 1.807) is 24.4 Å². The molecule has 0 unspecified atom stereocenters. The van der Waals surface area contributed by atoms with Crippen LogP contribution < -0.4 is 10.2 Å². The third kappa shape index (κ3) is 6.95. The van der Waals surface area contributed by atoms with E-state index in [-0.39, 0.29) is 5.52 Å². The molecule has 1 fully saturated rings. The number of nitrogens with zero attached hydrogens (tertiary/aromatic N) is 2. The molecule has 0 atom stereocenters. The number of anilines is 2.